The Morgan fingerprint density at radius 3 is 2.68 bits per heavy atom. The third-order valence-electron chi connectivity index (χ3n) is 4.48. The fourth-order valence-electron chi connectivity index (χ4n) is 3.37. The summed E-state index contributed by atoms with van der Waals surface area (Å²) in [7, 11) is -3.48. The Morgan fingerprint density at radius 2 is 2.00 bits per heavy atom. The van der Waals surface area contributed by atoms with Gasteiger partial charge in [0.2, 0.25) is 10.0 Å². The van der Waals surface area contributed by atoms with Crippen molar-refractivity contribution in [1.29, 1.82) is 5.26 Å². The van der Waals surface area contributed by atoms with Gasteiger partial charge in [0.15, 0.2) is 0 Å². The molecule has 2 bridgehead atoms. The SMILES string of the molecule is Cc1cc(S(=O)(=O)N2C3CCNCC2CC3)ccc1C#N.Cl. The van der Waals surface area contributed by atoms with Gasteiger partial charge in [-0.15, -0.1) is 12.4 Å². The van der Waals surface area contributed by atoms with Gasteiger partial charge in [-0.1, -0.05) is 0 Å². The standard InChI is InChI=1S/C15H19N3O2S.ClH/c1-11-8-15(5-2-12(11)9-16)21(19,20)18-13-3-4-14(18)10-17-7-6-13;/h2,5,8,13-14,17H,3-4,6-7,10H2,1H3;1H. The quantitative estimate of drug-likeness (QED) is 0.890. The molecule has 3 rings (SSSR count). The molecule has 1 aromatic rings. The highest BCUT2D eigenvalue weighted by atomic mass is 35.5. The van der Waals surface area contributed by atoms with Gasteiger partial charge in [-0.3, -0.25) is 0 Å². The molecule has 0 amide bonds. The average molecular weight is 342 g/mol. The van der Waals surface area contributed by atoms with E-state index in [2.05, 4.69) is 11.4 Å². The molecule has 0 aromatic heterocycles. The summed E-state index contributed by atoms with van der Waals surface area (Å²) in [5, 5.41) is 12.3. The first kappa shape index (κ1) is 17.2. The number of fused-ring (bicyclic) bond motifs is 2. The van der Waals surface area contributed by atoms with Crippen molar-refractivity contribution in [3.63, 3.8) is 0 Å². The van der Waals surface area contributed by atoms with Crippen LogP contribution in [0.4, 0.5) is 0 Å². The average Bonchev–Trinajstić information content (AvgIpc) is 2.72. The third kappa shape index (κ3) is 2.86. The molecule has 0 radical (unpaired) electrons. The third-order valence-corrected chi connectivity index (χ3v) is 6.48. The van der Waals surface area contributed by atoms with Crippen molar-refractivity contribution in [2.24, 2.45) is 0 Å². The zero-order valence-corrected chi connectivity index (χ0v) is 14.1. The topological polar surface area (TPSA) is 73.2 Å². The Balaban J connectivity index is 0.00000176. The van der Waals surface area contributed by atoms with Crippen LogP contribution in [0.25, 0.3) is 0 Å². The zero-order chi connectivity index (χ0) is 15.0. The molecule has 0 spiro atoms. The smallest absolute Gasteiger partial charge is 0.243 e. The summed E-state index contributed by atoms with van der Waals surface area (Å²) in [5.41, 5.74) is 1.23. The number of rotatable bonds is 2. The van der Waals surface area contributed by atoms with Crippen molar-refractivity contribution in [2.45, 2.75) is 43.2 Å². The van der Waals surface area contributed by atoms with Crippen molar-refractivity contribution >= 4 is 22.4 Å². The lowest BCUT2D eigenvalue weighted by atomic mass is 10.1. The molecule has 0 aliphatic carbocycles. The van der Waals surface area contributed by atoms with Crippen LogP contribution in [0.15, 0.2) is 23.1 Å². The monoisotopic (exact) mass is 341 g/mol. The summed E-state index contributed by atoms with van der Waals surface area (Å²) in [6.45, 7) is 3.38. The number of nitriles is 1. The predicted octanol–water partition coefficient (Wildman–Crippen LogP) is 1.80. The number of hydrogen-bond donors (Lipinski definition) is 1. The molecular weight excluding hydrogens is 322 g/mol. The van der Waals surface area contributed by atoms with Gasteiger partial charge in [-0.2, -0.15) is 9.57 Å². The highest BCUT2D eigenvalue weighted by molar-refractivity contribution is 7.89. The maximum absolute atomic E-state index is 13.0. The zero-order valence-electron chi connectivity index (χ0n) is 12.4. The highest BCUT2D eigenvalue weighted by Crippen LogP contribution is 2.34. The largest absolute Gasteiger partial charge is 0.315 e. The lowest BCUT2D eigenvalue weighted by molar-refractivity contribution is 0.334. The van der Waals surface area contributed by atoms with Crippen LogP contribution in [0.3, 0.4) is 0 Å². The van der Waals surface area contributed by atoms with Gasteiger partial charge in [-0.25, -0.2) is 8.42 Å². The molecule has 1 aromatic carbocycles. The number of aryl methyl sites for hydroxylation is 1. The Kier molecular flexibility index (Phi) is 5.13. The first-order chi connectivity index (χ1) is 10.0. The van der Waals surface area contributed by atoms with Crippen molar-refractivity contribution in [1.82, 2.24) is 9.62 Å². The van der Waals surface area contributed by atoms with Gasteiger partial charge in [0.05, 0.1) is 16.5 Å². The summed E-state index contributed by atoms with van der Waals surface area (Å²) >= 11 is 0. The summed E-state index contributed by atoms with van der Waals surface area (Å²) in [5.74, 6) is 0. The van der Waals surface area contributed by atoms with E-state index in [0.29, 0.717) is 16.0 Å². The Labute approximate surface area is 137 Å². The molecule has 120 valence electrons. The minimum atomic E-state index is -3.48. The Hall–Kier alpha value is -1.13. The normalized spacial score (nSPS) is 25.1. The van der Waals surface area contributed by atoms with Gasteiger partial charge in [-0.05, 0) is 56.5 Å². The van der Waals surface area contributed by atoms with Crippen LogP contribution in [-0.4, -0.2) is 37.9 Å². The van der Waals surface area contributed by atoms with Crippen LogP contribution < -0.4 is 5.32 Å². The second-order valence-electron chi connectivity index (χ2n) is 5.80. The number of halogens is 1. The van der Waals surface area contributed by atoms with E-state index >= 15 is 0 Å². The molecule has 1 N–H and O–H groups in total. The predicted molar refractivity (Wildman–Crippen MR) is 86.5 cm³/mol. The maximum atomic E-state index is 13.0. The van der Waals surface area contributed by atoms with Crippen molar-refractivity contribution < 1.29 is 8.42 Å². The number of hydrogen-bond acceptors (Lipinski definition) is 4. The molecule has 2 atom stereocenters. The second kappa shape index (κ2) is 6.55. The molecular formula is C15H20ClN3O2S. The minimum absolute atomic E-state index is 0. The van der Waals surface area contributed by atoms with E-state index in [1.807, 2.05) is 0 Å². The minimum Gasteiger partial charge on any atom is -0.315 e. The van der Waals surface area contributed by atoms with Crippen LogP contribution in [0.5, 0.6) is 0 Å². The van der Waals surface area contributed by atoms with Crippen LogP contribution >= 0.6 is 12.4 Å². The van der Waals surface area contributed by atoms with E-state index < -0.39 is 10.0 Å². The summed E-state index contributed by atoms with van der Waals surface area (Å²) in [4.78, 5) is 0.304. The molecule has 0 saturated carbocycles. The molecule has 2 unspecified atom stereocenters. The van der Waals surface area contributed by atoms with E-state index in [1.165, 1.54) is 0 Å². The van der Waals surface area contributed by atoms with E-state index in [9.17, 15) is 8.42 Å². The Bertz CT molecular complexity index is 685. The van der Waals surface area contributed by atoms with E-state index in [1.54, 1.807) is 29.4 Å². The lowest BCUT2D eigenvalue weighted by Gasteiger charge is -2.27. The van der Waals surface area contributed by atoms with Crippen LogP contribution in [0.2, 0.25) is 0 Å². The Morgan fingerprint density at radius 1 is 1.27 bits per heavy atom. The molecule has 5 nitrogen and oxygen atoms in total. The number of benzene rings is 1. The number of sulfonamides is 1. The fraction of sp³-hybridized carbons (Fsp3) is 0.533. The molecule has 2 aliphatic rings. The molecule has 7 heteroatoms. The van der Waals surface area contributed by atoms with E-state index in [-0.39, 0.29) is 24.5 Å². The van der Waals surface area contributed by atoms with E-state index in [0.717, 1.165) is 32.4 Å². The van der Waals surface area contributed by atoms with Crippen molar-refractivity contribution in [3.05, 3.63) is 29.3 Å². The van der Waals surface area contributed by atoms with Gasteiger partial charge < -0.3 is 5.32 Å². The molecule has 2 aliphatic heterocycles. The number of nitrogens with zero attached hydrogens (tertiary/aromatic N) is 2. The maximum Gasteiger partial charge on any atom is 0.243 e. The summed E-state index contributed by atoms with van der Waals surface area (Å²) < 4.78 is 27.6. The molecule has 2 heterocycles. The van der Waals surface area contributed by atoms with Crippen LogP contribution in [0.1, 0.15) is 30.4 Å². The van der Waals surface area contributed by atoms with E-state index in [4.69, 9.17) is 5.26 Å². The van der Waals surface area contributed by atoms with Gasteiger partial charge in [0.1, 0.15) is 0 Å². The molecule has 22 heavy (non-hydrogen) atoms. The number of nitrogens with one attached hydrogen (secondary N) is 1. The van der Waals surface area contributed by atoms with Gasteiger partial charge in [0.25, 0.3) is 0 Å². The highest BCUT2D eigenvalue weighted by Gasteiger charge is 2.42. The second-order valence-corrected chi connectivity index (χ2v) is 7.64. The lowest BCUT2D eigenvalue weighted by Crippen LogP contribution is -2.42. The van der Waals surface area contributed by atoms with Gasteiger partial charge >= 0.3 is 0 Å². The fourth-order valence-corrected chi connectivity index (χ4v) is 5.36. The summed E-state index contributed by atoms with van der Waals surface area (Å²) in [6.07, 6.45) is 2.73. The van der Waals surface area contributed by atoms with Crippen LogP contribution in [-0.2, 0) is 10.0 Å². The van der Waals surface area contributed by atoms with Crippen LogP contribution in [0, 0.1) is 18.3 Å². The molecule has 2 fully saturated rings. The first-order valence-electron chi connectivity index (χ1n) is 7.29. The first-order valence-corrected chi connectivity index (χ1v) is 8.73. The van der Waals surface area contributed by atoms with Crippen molar-refractivity contribution in [3.8, 4) is 6.07 Å². The molecule has 2 saturated heterocycles. The van der Waals surface area contributed by atoms with Crippen molar-refractivity contribution in [2.75, 3.05) is 13.1 Å². The summed E-state index contributed by atoms with van der Waals surface area (Å²) in [6, 6.07) is 7.00. The van der Waals surface area contributed by atoms with Gasteiger partial charge in [0, 0.05) is 18.6 Å².